The van der Waals surface area contributed by atoms with Crippen LogP contribution >= 0.6 is 0 Å². The molecule has 2 aliphatic rings. The van der Waals surface area contributed by atoms with Crippen molar-refractivity contribution in [2.24, 2.45) is 5.92 Å². The number of fused-ring (bicyclic) bond motifs is 1. The van der Waals surface area contributed by atoms with Crippen LogP contribution in [0.4, 0.5) is 0 Å². The maximum atomic E-state index is 5.90. The highest BCUT2D eigenvalue weighted by Gasteiger charge is 2.34. The molecule has 17 heavy (non-hydrogen) atoms. The van der Waals surface area contributed by atoms with E-state index in [1.54, 1.807) is 7.11 Å². The SMILES string of the molecule is COc1ccc(C2NC3CCCC3CO2)cc1. The van der Waals surface area contributed by atoms with Gasteiger partial charge in [0.1, 0.15) is 12.0 Å². The molecule has 0 aromatic heterocycles. The molecule has 92 valence electrons. The molecule has 0 radical (unpaired) electrons. The lowest BCUT2D eigenvalue weighted by molar-refractivity contribution is -0.0451. The lowest BCUT2D eigenvalue weighted by Crippen LogP contribution is -2.43. The van der Waals surface area contributed by atoms with E-state index in [2.05, 4.69) is 17.4 Å². The Kier molecular flexibility index (Phi) is 3.04. The van der Waals surface area contributed by atoms with Gasteiger partial charge in [-0.3, -0.25) is 5.32 Å². The molecule has 1 heterocycles. The quantitative estimate of drug-likeness (QED) is 0.851. The highest BCUT2D eigenvalue weighted by Crippen LogP contribution is 2.33. The standard InChI is InChI=1S/C14H19NO2/c1-16-12-7-5-10(6-8-12)14-15-13-4-2-3-11(13)9-17-14/h5-8,11,13-15H,2-4,9H2,1H3. The molecule has 1 aliphatic heterocycles. The van der Waals surface area contributed by atoms with Crippen molar-refractivity contribution in [1.82, 2.24) is 5.32 Å². The second kappa shape index (κ2) is 4.67. The lowest BCUT2D eigenvalue weighted by Gasteiger charge is -2.34. The molecule has 1 saturated heterocycles. The summed E-state index contributed by atoms with van der Waals surface area (Å²) in [5, 5.41) is 3.61. The van der Waals surface area contributed by atoms with E-state index in [0.29, 0.717) is 6.04 Å². The molecule has 1 saturated carbocycles. The molecule has 3 rings (SSSR count). The zero-order valence-corrected chi connectivity index (χ0v) is 10.2. The summed E-state index contributed by atoms with van der Waals surface area (Å²) < 4.78 is 11.1. The summed E-state index contributed by atoms with van der Waals surface area (Å²) >= 11 is 0. The first-order valence-electron chi connectivity index (χ1n) is 6.38. The number of benzene rings is 1. The van der Waals surface area contributed by atoms with E-state index in [-0.39, 0.29) is 6.23 Å². The average molecular weight is 233 g/mol. The third kappa shape index (κ3) is 2.17. The number of ether oxygens (including phenoxy) is 2. The molecule has 0 amide bonds. The summed E-state index contributed by atoms with van der Waals surface area (Å²) in [5.41, 5.74) is 1.19. The van der Waals surface area contributed by atoms with Crippen LogP contribution in [0.5, 0.6) is 5.75 Å². The van der Waals surface area contributed by atoms with Gasteiger partial charge < -0.3 is 9.47 Å². The van der Waals surface area contributed by atoms with Crippen molar-refractivity contribution in [3.05, 3.63) is 29.8 Å². The Bertz CT molecular complexity index is 376. The maximum absolute atomic E-state index is 5.90. The van der Waals surface area contributed by atoms with Crippen molar-refractivity contribution >= 4 is 0 Å². The highest BCUT2D eigenvalue weighted by atomic mass is 16.5. The minimum Gasteiger partial charge on any atom is -0.497 e. The largest absolute Gasteiger partial charge is 0.497 e. The molecule has 3 nitrogen and oxygen atoms in total. The van der Waals surface area contributed by atoms with Gasteiger partial charge >= 0.3 is 0 Å². The van der Waals surface area contributed by atoms with Crippen molar-refractivity contribution in [2.45, 2.75) is 31.5 Å². The van der Waals surface area contributed by atoms with Gasteiger partial charge in [-0.1, -0.05) is 18.6 Å². The molecule has 3 unspecified atom stereocenters. The van der Waals surface area contributed by atoms with E-state index in [4.69, 9.17) is 9.47 Å². The minimum atomic E-state index is 0.0558. The van der Waals surface area contributed by atoms with Crippen LogP contribution in [0.15, 0.2) is 24.3 Å². The fourth-order valence-electron chi connectivity index (χ4n) is 2.89. The number of methoxy groups -OCH3 is 1. The molecule has 3 heteroatoms. The smallest absolute Gasteiger partial charge is 0.134 e. The Morgan fingerprint density at radius 2 is 2.06 bits per heavy atom. The summed E-state index contributed by atoms with van der Waals surface area (Å²) in [6.07, 6.45) is 3.99. The van der Waals surface area contributed by atoms with Crippen LogP contribution in [0, 0.1) is 5.92 Å². The molecule has 1 N–H and O–H groups in total. The third-order valence-corrected chi connectivity index (χ3v) is 3.92. The van der Waals surface area contributed by atoms with Crippen LogP contribution < -0.4 is 10.1 Å². The normalized spacial score (nSPS) is 32.2. The molecule has 3 atom stereocenters. The van der Waals surface area contributed by atoms with E-state index in [1.807, 2.05) is 12.1 Å². The first-order chi connectivity index (χ1) is 8.36. The van der Waals surface area contributed by atoms with Crippen molar-refractivity contribution in [3.8, 4) is 5.75 Å². The zero-order chi connectivity index (χ0) is 11.7. The first kappa shape index (κ1) is 11.1. The van der Waals surface area contributed by atoms with Gasteiger partial charge in [-0.25, -0.2) is 0 Å². The molecular formula is C14H19NO2. The second-order valence-corrected chi connectivity index (χ2v) is 4.95. The fraction of sp³-hybridized carbons (Fsp3) is 0.571. The number of rotatable bonds is 2. The molecule has 1 aliphatic carbocycles. The van der Waals surface area contributed by atoms with Crippen molar-refractivity contribution in [1.29, 1.82) is 0 Å². The lowest BCUT2D eigenvalue weighted by atomic mass is 10.0. The Morgan fingerprint density at radius 3 is 2.82 bits per heavy atom. The summed E-state index contributed by atoms with van der Waals surface area (Å²) in [7, 11) is 1.69. The van der Waals surface area contributed by atoms with Crippen molar-refractivity contribution in [2.75, 3.05) is 13.7 Å². The Morgan fingerprint density at radius 1 is 1.24 bits per heavy atom. The Hall–Kier alpha value is -1.06. The van der Waals surface area contributed by atoms with Crippen molar-refractivity contribution in [3.63, 3.8) is 0 Å². The van der Waals surface area contributed by atoms with Gasteiger partial charge in [0.25, 0.3) is 0 Å². The number of hydrogen-bond donors (Lipinski definition) is 1. The molecule has 0 bridgehead atoms. The van der Waals surface area contributed by atoms with E-state index in [9.17, 15) is 0 Å². The summed E-state index contributed by atoms with van der Waals surface area (Å²) in [4.78, 5) is 0. The summed E-state index contributed by atoms with van der Waals surface area (Å²) in [5.74, 6) is 1.62. The predicted octanol–water partition coefficient (Wildman–Crippen LogP) is 2.48. The third-order valence-electron chi connectivity index (χ3n) is 3.92. The summed E-state index contributed by atoms with van der Waals surface area (Å²) in [6, 6.07) is 8.77. The van der Waals surface area contributed by atoms with Gasteiger partial charge in [-0.15, -0.1) is 0 Å². The molecule has 1 aromatic carbocycles. The topological polar surface area (TPSA) is 30.5 Å². The van der Waals surface area contributed by atoms with Crippen LogP contribution in [-0.4, -0.2) is 19.8 Å². The second-order valence-electron chi connectivity index (χ2n) is 4.95. The number of hydrogen-bond acceptors (Lipinski definition) is 3. The first-order valence-corrected chi connectivity index (χ1v) is 6.38. The van der Waals surface area contributed by atoms with Crippen LogP contribution in [0.1, 0.15) is 31.1 Å². The van der Waals surface area contributed by atoms with E-state index in [0.717, 1.165) is 18.3 Å². The summed E-state index contributed by atoms with van der Waals surface area (Å²) in [6.45, 7) is 0.897. The fourth-order valence-corrected chi connectivity index (χ4v) is 2.89. The van der Waals surface area contributed by atoms with E-state index < -0.39 is 0 Å². The van der Waals surface area contributed by atoms with Crippen molar-refractivity contribution < 1.29 is 9.47 Å². The van der Waals surface area contributed by atoms with Gasteiger partial charge in [0, 0.05) is 6.04 Å². The zero-order valence-electron chi connectivity index (χ0n) is 10.2. The van der Waals surface area contributed by atoms with Crippen LogP contribution in [-0.2, 0) is 4.74 Å². The van der Waals surface area contributed by atoms with Gasteiger partial charge in [0.15, 0.2) is 0 Å². The Balaban J connectivity index is 1.71. The number of nitrogens with one attached hydrogen (secondary N) is 1. The molecule has 1 aromatic rings. The van der Waals surface area contributed by atoms with E-state index >= 15 is 0 Å². The minimum absolute atomic E-state index is 0.0558. The highest BCUT2D eigenvalue weighted by molar-refractivity contribution is 5.28. The van der Waals surface area contributed by atoms with Gasteiger partial charge in [0.05, 0.1) is 13.7 Å². The monoisotopic (exact) mass is 233 g/mol. The van der Waals surface area contributed by atoms with Gasteiger partial charge in [-0.2, -0.15) is 0 Å². The van der Waals surface area contributed by atoms with Crippen LogP contribution in [0.2, 0.25) is 0 Å². The van der Waals surface area contributed by atoms with Crippen LogP contribution in [0.25, 0.3) is 0 Å². The average Bonchev–Trinajstić information content (AvgIpc) is 2.86. The van der Waals surface area contributed by atoms with Gasteiger partial charge in [-0.05, 0) is 36.5 Å². The van der Waals surface area contributed by atoms with E-state index in [1.165, 1.54) is 24.8 Å². The maximum Gasteiger partial charge on any atom is 0.134 e. The molecule has 2 fully saturated rings. The molecular weight excluding hydrogens is 214 g/mol. The van der Waals surface area contributed by atoms with Crippen LogP contribution in [0.3, 0.4) is 0 Å². The van der Waals surface area contributed by atoms with Gasteiger partial charge in [0.2, 0.25) is 0 Å². The molecule has 0 spiro atoms. The Labute approximate surface area is 102 Å². The predicted molar refractivity (Wildman–Crippen MR) is 66.0 cm³/mol.